The molecule has 134 valence electrons. The van der Waals surface area contributed by atoms with Crippen LogP contribution in [0.1, 0.15) is 65.0 Å². The zero-order valence-corrected chi connectivity index (χ0v) is 15.7. The normalized spacial score (nSPS) is 18.6. The Morgan fingerprint density at radius 1 is 1.46 bits per heavy atom. The standard InChI is InChI=1S/C19H31N3O2/c1-6-7-14-22(18(23)24-19(2,3)4)17-15(10-8-12-20-17)16-11-9-13-21(16)5/h8,10,12,16H,6-7,9,11,13-14H2,1-5H3/t16-/m1/s1. The molecule has 5 heteroatoms. The number of hydrogen-bond donors (Lipinski definition) is 0. The van der Waals surface area contributed by atoms with Crippen molar-refractivity contribution < 1.29 is 9.53 Å². The molecular formula is C19H31N3O2. The highest BCUT2D eigenvalue weighted by Crippen LogP contribution is 2.35. The molecule has 0 aromatic carbocycles. The van der Waals surface area contributed by atoms with E-state index in [9.17, 15) is 4.79 Å². The first-order chi connectivity index (χ1) is 11.3. The summed E-state index contributed by atoms with van der Waals surface area (Å²) in [5.41, 5.74) is 0.611. The van der Waals surface area contributed by atoms with Crippen LogP contribution in [0.3, 0.4) is 0 Å². The first-order valence-electron chi connectivity index (χ1n) is 8.99. The van der Waals surface area contributed by atoms with Crippen LogP contribution in [0.5, 0.6) is 0 Å². The number of amides is 1. The minimum absolute atomic E-state index is 0.309. The number of likely N-dealkylation sites (tertiary alicyclic amines) is 1. The summed E-state index contributed by atoms with van der Waals surface area (Å²) in [6.07, 6.45) is 5.68. The lowest BCUT2D eigenvalue weighted by Gasteiger charge is -2.30. The topological polar surface area (TPSA) is 45.7 Å². The average molecular weight is 333 g/mol. The van der Waals surface area contributed by atoms with Gasteiger partial charge in [0.25, 0.3) is 0 Å². The lowest BCUT2D eigenvalue weighted by molar-refractivity contribution is 0.0578. The maximum Gasteiger partial charge on any atom is 0.416 e. The number of hydrogen-bond acceptors (Lipinski definition) is 4. The predicted molar refractivity (Wildman–Crippen MR) is 97.3 cm³/mol. The average Bonchev–Trinajstić information content (AvgIpc) is 2.92. The molecular weight excluding hydrogens is 302 g/mol. The van der Waals surface area contributed by atoms with E-state index in [2.05, 4.69) is 29.9 Å². The van der Waals surface area contributed by atoms with Crippen LogP contribution in [0, 0.1) is 0 Å². The quantitative estimate of drug-likeness (QED) is 0.801. The fraction of sp³-hybridized carbons (Fsp3) is 0.684. The maximum absolute atomic E-state index is 12.8. The number of unbranched alkanes of at least 4 members (excludes halogenated alkanes) is 1. The Kier molecular flexibility index (Phi) is 6.21. The Morgan fingerprint density at radius 3 is 2.79 bits per heavy atom. The van der Waals surface area contributed by atoms with Gasteiger partial charge in [0.05, 0.1) is 0 Å². The lowest BCUT2D eigenvalue weighted by atomic mass is 10.0. The molecule has 0 aliphatic carbocycles. The molecule has 1 aromatic heterocycles. The molecule has 1 fully saturated rings. The van der Waals surface area contributed by atoms with Crippen LogP contribution in [0.2, 0.25) is 0 Å². The third-order valence-corrected chi connectivity index (χ3v) is 4.30. The first-order valence-corrected chi connectivity index (χ1v) is 8.99. The molecule has 1 aromatic rings. The van der Waals surface area contributed by atoms with E-state index in [1.807, 2.05) is 26.8 Å². The summed E-state index contributed by atoms with van der Waals surface area (Å²) >= 11 is 0. The highest BCUT2D eigenvalue weighted by Gasteiger charge is 2.30. The fourth-order valence-electron chi connectivity index (χ4n) is 3.12. The Balaban J connectivity index is 2.33. The van der Waals surface area contributed by atoms with E-state index in [4.69, 9.17) is 4.74 Å². The van der Waals surface area contributed by atoms with Crippen molar-refractivity contribution in [2.24, 2.45) is 0 Å². The van der Waals surface area contributed by atoms with Crippen molar-refractivity contribution in [3.05, 3.63) is 23.9 Å². The molecule has 0 saturated carbocycles. The highest BCUT2D eigenvalue weighted by molar-refractivity contribution is 5.87. The largest absolute Gasteiger partial charge is 0.443 e. The molecule has 0 N–H and O–H groups in total. The Bertz CT molecular complexity index is 554. The van der Waals surface area contributed by atoms with Crippen molar-refractivity contribution in [3.8, 4) is 0 Å². The van der Waals surface area contributed by atoms with Crippen molar-refractivity contribution in [1.29, 1.82) is 0 Å². The summed E-state index contributed by atoms with van der Waals surface area (Å²) in [5, 5.41) is 0. The Hall–Kier alpha value is -1.62. The van der Waals surface area contributed by atoms with Gasteiger partial charge in [-0.05, 0) is 59.7 Å². The van der Waals surface area contributed by atoms with E-state index in [0.29, 0.717) is 12.6 Å². The van der Waals surface area contributed by atoms with Crippen molar-refractivity contribution in [1.82, 2.24) is 9.88 Å². The molecule has 2 rings (SSSR count). The van der Waals surface area contributed by atoms with Crippen LogP contribution >= 0.6 is 0 Å². The van der Waals surface area contributed by atoms with Crippen molar-refractivity contribution in [2.45, 2.75) is 65.0 Å². The number of pyridine rings is 1. The summed E-state index contributed by atoms with van der Waals surface area (Å²) in [4.78, 5) is 21.4. The highest BCUT2D eigenvalue weighted by atomic mass is 16.6. The smallest absolute Gasteiger partial charge is 0.416 e. The van der Waals surface area contributed by atoms with E-state index in [-0.39, 0.29) is 6.09 Å². The summed E-state index contributed by atoms with van der Waals surface area (Å²) in [6.45, 7) is 9.52. The summed E-state index contributed by atoms with van der Waals surface area (Å²) < 4.78 is 5.63. The number of rotatable bonds is 5. The zero-order chi connectivity index (χ0) is 17.7. The van der Waals surface area contributed by atoms with Gasteiger partial charge in [0.15, 0.2) is 0 Å². The van der Waals surface area contributed by atoms with Crippen LogP contribution < -0.4 is 4.90 Å². The van der Waals surface area contributed by atoms with E-state index in [1.54, 1.807) is 11.1 Å². The number of nitrogens with zero attached hydrogens (tertiary/aromatic N) is 3. The van der Waals surface area contributed by atoms with Crippen LogP contribution in [0.15, 0.2) is 18.3 Å². The second-order valence-electron chi connectivity index (χ2n) is 7.54. The number of anilines is 1. The second-order valence-corrected chi connectivity index (χ2v) is 7.54. The minimum atomic E-state index is -0.513. The van der Waals surface area contributed by atoms with E-state index >= 15 is 0 Å². The second kappa shape index (κ2) is 7.97. The van der Waals surface area contributed by atoms with Crippen molar-refractivity contribution >= 4 is 11.9 Å². The van der Waals surface area contributed by atoms with Gasteiger partial charge in [-0.15, -0.1) is 0 Å². The molecule has 1 aliphatic rings. The molecule has 1 amide bonds. The zero-order valence-electron chi connectivity index (χ0n) is 15.7. The number of carbonyl (C=O) groups excluding carboxylic acids is 1. The molecule has 0 radical (unpaired) electrons. The monoisotopic (exact) mass is 333 g/mol. The van der Waals surface area contributed by atoms with Gasteiger partial charge in [0.1, 0.15) is 11.4 Å². The maximum atomic E-state index is 12.8. The van der Waals surface area contributed by atoms with Crippen LogP contribution in [0.25, 0.3) is 0 Å². The van der Waals surface area contributed by atoms with E-state index < -0.39 is 5.60 Å². The number of ether oxygens (including phenoxy) is 1. The third-order valence-electron chi connectivity index (χ3n) is 4.30. The van der Waals surface area contributed by atoms with Gasteiger partial charge < -0.3 is 4.74 Å². The van der Waals surface area contributed by atoms with Gasteiger partial charge in [-0.3, -0.25) is 9.80 Å². The molecule has 2 heterocycles. The van der Waals surface area contributed by atoms with E-state index in [0.717, 1.165) is 37.2 Å². The summed E-state index contributed by atoms with van der Waals surface area (Å²) in [6, 6.07) is 4.37. The molecule has 0 unspecified atom stereocenters. The molecule has 1 aliphatic heterocycles. The molecule has 24 heavy (non-hydrogen) atoms. The molecule has 1 saturated heterocycles. The molecule has 0 bridgehead atoms. The van der Waals surface area contributed by atoms with Crippen LogP contribution in [-0.4, -0.2) is 41.7 Å². The van der Waals surface area contributed by atoms with Gasteiger partial charge in [-0.25, -0.2) is 9.78 Å². The Morgan fingerprint density at radius 2 is 2.21 bits per heavy atom. The SMILES string of the molecule is CCCCN(C(=O)OC(C)(C)C)c1ncccc1[C@H]1CCCN1C. The molecule has 0 spiro atoms. The first kappa shape index (κ1) is 18.7. The van der Waals surface area contributed by atoms with Gasteiger partial charge in [0.2, 0.25) is 0 Å². The van der Waals surface area contributed by atoms with Crippen molar-refractivity contribution in [3.63, 3.8) is 0 Å². The summed E-state index contributed by atoms with van der Waals surface area (Å²) in [5.74, 6) is 0.749. The van der Waals surface area contributed by atoms with Gasteiger partial charge in [0, 0.05) is 24.3 Å². The van der Waals surface area contributed by atoms with Gasteiger partial charge in [-0.1, -0.05) is 19.4 Å². The Labute approximate surface area is 146 Å². The lowest BCUT2D eigenvalue weighted by Crippen LogP contribution is -2.39. The predicted octanol–water partition coefficient (Wildman–Crippen LogP) is 4.39. The molecule has 5 nitrogen and oxygen atoms in total. The fourth-order valence-corrected chi connectivity index (χ4v) is 3.12. The molecule has 1 atom stereocenters. The minimum Gasteiger partial charge on any atom is -0.443 e. The van der Waals surface area contributed by atoms with Crippen molar-refractivity contribution in [2.75, 3.05) is 25.0 Å². The van der Waals surface area contributed by atoms with Crippen LogP contribution in [-0.2, 0) is 4.74 Å². The van der Waals surface area contributed by atoms with Gasteiger partial charge in [-0.2, -0.15) is 0 Å². The van der Waals surface area contributed by atoms with Crippen LogP contribution in [0.4, 0.5) is 10.6 Å². The van der Waals surface area contributed by atoms with Gasteiger partial charge >= 0.3 is 6.09 Å². The number of carbonyl (C=O) groups is 1. The number of aromatic nitrogens is 1. The third kappa shape index (κ3) is 4.69. The summed E-state index contributed by atoms with van der Waals surface area (Å²) in [7, 11) is 2.14. The van der Waals surface area contributed by atoms with E-state index in [1.165, 1.54) is 6.42 Å².